The SMILES string of the molecule is CCn1[nH]cc(C(=O)c2ccc3c(c2C)C(NOC)=CCS3(=O)=O)c1=O. The van der Waals surface area contributed by atoms with Crippen molar-refractivity contribution >= 4 is 21.3 Å². The van der Waals surface area contributed by atoms with Crippen molar-refractivity contribution in [1.82, 2.24) is 15.3 Å². The molecule has 3 rings (SSSR count). The topological polar surface area (TPSA) is 110 Å². The minimum absolute atomic E-state index is 0.0128. The van der Waals surface area contributed by atoms with E-state index in [1.54, 1.807) is 13.8 Å². The minimum atomic E-state index is -3.49. The average Bonchev–Trinajstić information content (AvgIpc) is 2.98. The first-order valence-electron chi connectivity index (χ1n) is 8.00. The summed E-state index contributed by atoms with van der Waals surface area (Å²) >= 11 is 0. The van der Waals surface area contributed by atoms with E-state index in [2.05, 4.69) is 10.6 Å². The van der Waals surface area contributed by atoms with Crippen molar-refractivity contribution < 1.29 is 18.0 Å². The number of hydrogen-bond acceptors (Lipinski definition) is 6. The number of aromatic nitrogens is 2. The highest BCUT2D eigenvalue weighted by atomic mass is 32.2. The van der Waals surface area contributed by atoms with Crippen molar-refractivity contribution in [2.75, 3.05) is 12.9 Å². The molecule has 0 atom stereocenters. The molecule has 0 saturated heterocycles. The normalized spacial score (nSPS) is 15.3. The molecule has 2 N–H and O–H groups in total. The zero-order valence-corrected chi connectivity index (χ0v) is 15.4. The van der Waals surface area contributed by atoms with E-state index in [1.165, 1.54) is 36.2 Å². The van der Waals surface area contributed by atoms with Crippen LogP contribution in [-0.4, -0.2) is 36.8 Å². The van der Waals surface area contributed by atoms with Gasteiger partial charge in [-0.1, -0.05) is 0 Å². The first-order valence-corrected chi connectivity index (χ1v) is 9.65. The predicted molar refractivity (Wildman–Crippen MR) is 95.5 cm³/mol. The van der Waals surface area contributed by atoms with Crippen LogP contribution in [0.3, 0.4) is 0 Å². The van der Waals surface area contributed by atoms with Crippen LogP contribution in [0, 0.1) is 6.92 Å². The molecular formula is C17H19N3O5S. The van der Waals surface area contributed by atoms with Crippen molar-refractivity contribution in [1.29, 1.82) is 0 Å². The number of sulfone groups is 1. The van der Waals surface area contributed by atoms with E-state index in [0.29, 0.717) is 23.4 Å². The molecule has 0 bridgehead atoms. The maximum absolute atomic E-state index is 12.9. The van der Waals surface area contributed by atoms with Crippen LogP contribution in [0.5, 0.6) is 0 Å². The lowest BCUT2D eigenvalue weighted by Gasteiger charge is -2.22. The zero-order chi connectivity index (χ0) is 19.1. The Hall–Kier alpha value is -2.65. The number of aromatic amines is 1. The summed E-state index contributed by atoms with van der Waals surface area (Å²) in [4.78, 5) is 30.2. The molecule has 138 valence electrons. The highest BCUT2D eigenvalue weighted by molar-refractivity contribution is 7.91. The van der Waals surface area contributed by atoms with Crippen LogP contribution in [0.2, 0.25) is 0 Å². The molecule has 0 radical (unpaired) electrons. The zero-order valence-electron chi connectivity index (χ0n) is 14.6. The van der Waals surface area contributed by atoms with Gasteiger partial charge < -0.3 is 5.10 Å². The number of ketones is 1. The van der Waals surface area contributed by atoms with Crippen LogP contribution < -0.4 is 11.0 Å². The molecule has 2 heterocycles. The first-order chi connectivity index (χ1) is 12.3. The minimum Gasteiger partial charge on any atom is -0.302 e. The fraction of sp³-hybridized carbons (Fsp3) is 0.294. The lowest BCUT2D eigenvalue weighted by Crippen LogP contribution is -2.24. The van der Waals surface area contributed by atoms with Crippen molar-refractivity contribution in [3.05, 3.63) is 57.0 Å². The second-order valence-corrected chi connectivity index (χ2v) is 7.88. The Morgan fingerprint density at radius 2 is 2.08 bits per heavy atom. The Morgan fingerprint density at radius 1 is 1.35 bits per heavy atom. The second-order valence-electron chi connectivity index (χ2n) is 5.88. The van der Waals surface area contributed by atoms with E-state index < -0.39 is 21.2 Å². The Balaban J connectivity index is 2.19. The lowest BCUT2D eigenvalue weighted by atomic mass is 9.95. The number of fused-ring (bicyclic) bond motifs is 1. The van der Waals surface area contributed by atoms with Crippen LogP contribution in [0.1, 0.15) is 34.0 Å². The molecule has 1 aliphatic heterocycles. The van der Waals surface area contributed by atoms with E-state index in [-0.39, 0.29) is 21.8 Å². The third-order valence-corrected chi connectivity index (χ3v) is 6.01. The molecule has 0 fully saturated rings. The molecular weight excluding hydrogens is 358 g/mol. The van der Waals surface area contributed by atoms with Gasteiger partial charge in [-0.3, -0.25) is 24.6 Å². The Labute approximate surface area is 150 Å². The number of rotatable bonds is 5. The predicted octanol–water partition coefficient (Wildman–Crippen LogP) is 1.01. The van der Waals surface area contributed by atoms with Crippen molar-refractivity contribution in [2.45, 2.75) is 25.3 Å². The molecule has 1 aliphatic rings. The number of aryl methyl sites for hydroxylation is 1. The van der Waals surface area contributed by atoms with E-state index in [0.717, 1.165) is 0 Å². The summed E-state index contributed by atoms with van der Waals surface area (Å²) in [7, 11) is -2.07. The van der Waals surface area contributed by atoms with Crippen LogP contribution in [-0.2, 0) is 21.2 Å². The van der Waals surface area contributed by atoms with Gasteiger partial charge in [0.2, 0.25) is 0 Å². The first kappa shape index (κ1) is 18.2. The van der Waals surface area contributed by atoms with Gasteiger partial charge in [0, 0.05) is 23.9 Å². The number of benzene rings is 1. The van der Waals surface area contributed by atoms with Gasteiger partial charge in [0.1, 0.15) is 5.56 Å². The summed E-state index contributed by atoms with van der Waals surface area (Å²) in [5.41, 5.74) is 3.86. The molecule has 0 unspecified atom stereocenters. The molecule has 0 amide bonds. The monoisotopic (exact) mass is 377 g/mol. The number of hydrogen-bond donors (Lipinski definition) is 2. The number of hydroxylamine groups is 1. The smallest absolute Gasteiger partial charge is 0.277 e. The molecule has 0 spiro atoms. The van der Waals surface area contributed by atoms with Gasteiger partial charge in [-0.15, -0.1) is 0 Å². The number of nitrogens with one attached hydrogen (secondary N) is 2. The van der Waals surface area contributed by atoms with Gasteiger partial charge in [-0.05, 0) is 37.6 Å². The van der Waals surface area contributed by atoms with Crippen LogP contribution in [0.15, 0.2) is 34.1 Å². The van der Waals surface area contributed by atoms with E-state index in [4.69, 9.17) is 4.84 Å². The van der Waals surface area contributed by atoms with Gasteiger partial charge in [0.15, 0.2) is 15.6 Å². The number of carbonyl (C=O) groups excluding carboxylic acids is 1. The van der Waals surface area contributed by atoms with Crippen LogP contribution in [0.25, 0.3) is 5.70 Å². The van der Waals surface area contributed by atoms with Crippen molar-refractivity contribution in [2.24, 2.45) is 0 Å². The van der Waals surface area contributed by atoms with Crippen molar-refractivity contribution in [3.8, 4) is 0 Å². The van der Waals surface area contributed by atoms with Crippen molar-refractivity contribution in [3.63, 3.8) is 0 Å². The molecule has 2 aromatic rings. The van der Waals surface area contributed by atoms with Gasteiger partial charge in [-0.2, -0.15) is 0 Å². The van der Waals surface area contributed by atoms with Crippen LogP contribution in [0.4, 0.5) is 0 Å². The maximum Gasteiger partial charge on any atom is 0.277 e. The molecule has 26 heavy (non-hydrogen) atoms. The molecule has 1 aromatic heterocycles. The molecule has 0 aliphatic carbocycles. The second kappa shape index (κ2) is 6.58. The molecule has 9 heteroatoms. The highest BCUT2D eigenvalue weighted by Crippen LogP contribution is 2.33. The molecule has 1 aromatic carbocycles. The van der Waals surface area contributed by atoms with Gasteiger partial charge in [0.05, 0.1) is 23.5 Å². The van der Waals surface area contributed by atoms with Gasteiger partial charge >= 0.3 is 0 Å². The lowest BCUT2D eigenvalue weighted by molar-refractivity contribution is 0.103. The largest absolute Gasteiger partial charge is 0.302 e. The summed E-state index contributed by atoms with van der Waals surface area (Å²) in [6.07, 6.45) is 2.87. The standard InChI is InChI=1S/C17H19N3O5S/c1-4-20-17(22)12(9-18-20)16(21)11-5-6-14-15(10(11)2)13(19-25-3)7-8-26(14,23)24/h5-7,9,18-19H,4,8H2,1-3H3. The molecule has 8 nitrogen and oxygen atoms in total. The van der Waals surface area contributed by atoms with Gasteiger partial charge in [-0.25, -0.2) is 8.42 Å². The fourth-order valence-electron chi connectivity index (χ4n) is 3.07. The summed E-state index contributed by atoms with van der Waals surface area (Å²) < 4.78 is 26.1. The van der Waals surface area contributed by atoms with Gasteiger partial charge in [0.25, 0.3) is 5.56 Å². The summed E-state index contributed by atoms with van der Waals surface area (Å²) in [5.74, 6) is -0.615. The van der Waals surface area contributed by atoms with E-state index in [1.807, 2.05) is 0 Å². The fourth-order valence-corrected chi connectivity index (χ4v) is 4.48. The summed E-state index contributed by atoms with van der Waals surface area (Å²) in [5, 5.41) is 2.74. The van der Waals surface area contributed by atoms with Crippen LogP contribution >= 0.6 is 0 Å². The third-order valence-electron chi connectivity index (χ3n) is 4.40. The van der Waals surface area contributed by atoms with E-state index in [9.17, 15) is 18.0 Å². The number of nitrogens with zero attached hydrogens (tertiary/aromatic N) is 1. The quantitative estimate of drug-likeness (QED) is 0.594. The summed E-state index contributed by atoms with van der Waals surface area (Å²) in [6, 6.07) is 2.85. The Kier molecular flexibility index (Phi) is 4.59. The maximum atomic E-state index is 12.9. The average molecular weight is 377 g/mol. The Bertz CT molecular complexity index is 1080. The highest BCUT2D eigenvalue weighted by Gasteiger charge is 2.29. The molecule has 0 saturated carbocycles. The third kappa shape index (κ3) is 2.78. The number of H-pyrrole nitrogens is 1. The Morgan fingerprint density at radius 3 is 2.69 bits per heavy atom. The number of carbonyl (C=O) groups is 1. The summed E-state index contributed by atoms with van der Waals surface area (Å²) in [6.45, 7) is 3.86. The van der Waals surface area contributed by atoms with E-state index >= 15 is 0 Å².